The van der Waals surface area contributed by atoms with Crippen LogP contribution >= 0.6 is 0 Å². The van der Waals surface area contributed by atoms with Crippen molar-refractivity contribution >= 4 is 38.7 Å². The van der Waals surface area contributed by atoms with Crippen LogP contribution in [0.15, 0.2) is 60.7 Å². The van der Waals surface area contributed by atoms with Crippen LogP contribution < -0.4 is 15.5 Å². The zero-order valence-electron chi connectivity index (χ0n) is 21.9. The van der Waals surface area contributed by atoms with Crippen molar-refractivity contribution in [2.24, 2.45) is 0 Å². The van der Waals surface area contributed by atoms with Gasteiger partial charge in [-0.2, -0.15) is 0 Å². The van der Waals surface area contributed by atoms with Gasteiger partial charge in [-0.15, -0.1) is 0 Å². The van der Waals surface area contributed by atoms with Crippen molar-refractivity contribution in [1.82, 2.24) is 4.90 Å². The van der Waals surface area contributed by atoms with E-state index in [4.69, 9.17) is 0 Å². The van der Waals surface area contributed by atoms with E-state index in [1.165, 1.54) is 41.1 Å². The molecule has 2 aliphatic rings. The van der Waals surface area contributed by atoms with Crippen LogP contribution in [0, 0.1) is 19.7 Å². The minimum atomic E-state index is -3.66. The highest BCUT2D eigenvalue weighted by Gasteiger charge is 2.31. The van der Waals surface area contributed by atoms with Crippen LogP contribution in [0.2, 0.25) is 0 Å². The van der Waals surface area contributed by atoms with Crippen LogP contribution in [0.3, 0.4) is 0 Å². The lowest BCUT2D eigenvalue weighted by atomic mass is 10.1. The van der Waals surface area contributed by atoms with Crippen LogP contribution in [0.4, 0.5) is 21.5 Å². The molecule has 1 saturated heterocycles. The van der Waals surface area contributed by atoms with Gasteiger partial charge in [0.15, 0.2) is 9.84 Å². The Morgan fingerprint density at radius 2 is 1.67 bits per heavy atom. The van der Waals surface area contributed by atoms with Gasteiger partial charge in [-0.3, -0.25) is 9.59 Å². The quantitative estimate of drug-likeness (QED) is 0.485. The molecule has 0 bridgehead atoms. The molecule has 0 aromatic heterocycles. The summed E-state index contributed by atoms with van der Waals surface area (Å²) < 4.78 is 38.6. The van der Waals surface area contributed by atoms with E-state index in [2.05, 4.69) is 47.6 Å². The number of benzene rings is 3. The summed E-state index contributed by atoms with van der Waals surface area (Å²) in [5, 5.41) is 5.74. The number of carbonyl (C=O) groups is 2. The smallest absolute Gasteiger partial charge is 0.254 e. The maximum Gasteiger partial charge on any atom is 0.254 e. The summed E-state index contributed by atoms with van der Waals surface area (Å²) in [5.41, 5.74) is 5.50. The van der Waals surface area contributed by atoms with E-state index in [1.54, 1.807) is 18.2 Å². The van der Waals surface area contributed by atoms with Gasteiger partial charge in [-0.25, -0.2) is 12.8 Å². The first-order valence-corrected chi connectivity index (χ1v) is 14.7. The number of rotatable bonds is 6. The van der Waals surface area contributed by atoms with Gasteiger partial charge in [-0.05, 0) is 66.9 Å². The summed E-state index contributed by atoms with van der Waals surface area (Å²) in [7, 11) is -3.66. The van der Waals surface area contributed by atoms with Crippen LogP contribution in [0.5, 0.6) is 0 Å². The number of halogens is 1. The van der Waals surface area contributed by atoms with Crippen molar-refractivity contribution in [3.8, 4) is 0 Å². The lowest BCUT2D eigenvalue weighted by Gasteiger charge is -2.37. The molecule has 5 rings (SSSR count). The van der Waals surface area contributed by atoms with Crippen molar-refractivity contribution in [3.05, 3.63) is 88.7 Å². The molecular weight excluding hydrogens is 519 g/mol. The van der Waals surface area contributed by atoms with Crippen LogP contribution in [0.1, 0.15) is 27.0 Å². The number of amides is 2. The Morgan fingerprint density at radius 3 is 2.38 bits per heavy atom. The number of carbonyl (C=O) groups excluding carboxylic acids is 2. The van der Waals surface area contributed by atoms with E-state index in [1.807, 2.05) is 4.90 Å². The second-order valence-corrected chi connectivity index (χ2v) is 12.3. The Hall–Kier alpha value is -3.92. The van der Waals surface area contributed by atoms with Crippen molar-refractivity contribution in [2.75, 3.05) is 47.5 Å². The van der Waals surface area contributed by atoms with Gasteiger partial charge >= 0.3 is 0 Å². The zero-order chi connectivity index (χ0) is 27.7. The number of hydrogen-bond acceptors (Lipinski definition) is 6. The Kier molecular flexibility index (Phi) is 7.31. The molecule has 0 aliphatic carbocycles. The van der Waals surface area contributed by atoms with Gasteiger partial charge < -0.3 is 20.4 Å². The molecule has 1 fully saturated rings. The van der Waals surface area contributed by atoms with Gasteiger partial charge in [-0.1, -0.05) is 24.3 Å². The van der Waals surface area contributed by atoms with Crippen molar-refractivity contribution in [1.29, 1.82) is 0 Å². The molecule has 8 nitrogen and oxygen atoms in total. The summed E-state index contributed by atoms with van der Waals surface area (Å²) in [4.78, 5) is 30.1. The molecule has 1 unspecified atom stereocenters. The fourth-order valence-electron chi connectivity index (χ4n) is 5.04. The minimum Gasteiger partial charge on any atom is -0.371 e. The molecule has 1 atom stereocenters. The number of hydrogen-bond donors (Lipinski definition) is 2. The predicted molar refractivity (Wildman–Crippen MR) is 150 cm³/mol. The third-order valence-electron chi connectivity index (χ3n) is 7.16. The molecule has 3 aromatic carbocycles. The highest BCUT2D eigenvalue weighted by Crippen LogP contribution is 2.30. The number of nitrogens with one attached hydrogen (secondary N) is 2. The van der Waals surface area contributed by atoms with Gasteiger partial charge in [0.05, 0.1) is 22.9 Å². The third kappa shape index (κ3) is 6.06. The van der Waals surface area contributed by atoms with Gasteiger partial charge in [0.25, 0.3) is 5.91 Å². The second kappa shape index (κ2) is 10.7. The molecule has 3 aromatic rings. The van der Waals surface area contributed by atoms with Crippen LogP contribution in [-0.4, -0.2) is 63.1 Å². The highest BCUT2D eigenvalue weighted by molar-refractivity contribution is 7.90. The number of fused-ring (bicyclic) bond motifs is 1. The van der Waals surface area contributed by atoms with Crippen molar-refractivity contribution in [2.45, 2.75) is 25.6 Å². The molecule has 2 heterocycles. The normalized spacial score (nSPS) is 17.3. The lowest BCUT2D eigenvalue weighted by molar-refractivity contribution is -0.116. The first kappa shape index (κ1) is 26.7. The predicted octanol–water partition coefficient (Wildman–Crippen LogP) is 3.75. The molecule has 0 saturated carbocycles. The molecule has 0 radical (unpaired) electrons. The summed E-state index contributed by atoms with van der Waals surface area (Å²) in [6.07, 6.45) is 0. The molecule has 39 heavy (non-hydrogen) atoms. The van der Waals surface area contributed by atoms with Crippen molar-refractivity contribution in [3.63, 3.8) is 0 Å². The first-order valence-electron chi connectivity index (χ1n) is 12.9. The van der Waals surface area contributed by atoms with Gasteiger partial charge in [0, 0.05) is 37.4 Å². The monoisotopic (exact) mass is 550 g/mol. The number of sulfone groups is 1. The fraction of sp³-hybridized carbons (Fsp3) is 0.310. The molecule has 0 spiro atoms. The van der Waals surface area contributed by atoms with Gasteiger partial charge in [0.2, 0.25) is 5.91 Å². The van der Waals surface area contributed by atoms with E-state index >= 15 is 0 Å². The summed E-state index contributed by atoms with van der Waals surface area (Å²) in [6.45, 7) is 6.79. The van der Waals surface area contributed by atoms with Gasteiger partial charge in [0.1, 0.15) is 11.9 Å². The third-order valence-corrected chi connectivity index (χ3v) is 8.78. The highest BCUT2D eigenvalue weighted by atomic mass is 32.2. The standard InChI is InChI=1S/C29H31FN4O4S/c1-19-3-4-20(2)27(15-19)33-11-13-34(14-12-33)29(36)22-7-10-24-25(16-22)32-28(35)26(31-24)18-39(37,38)17-21-5-8-23(30)9-6-21/h3-10,15-16,26,31H,11-14,17-18H2,1-2H3,(H,32,35). The zero-order valence-corrected chi connectivity index (χ0v) is 22.7. The lowest BCUT2D eigenvalue weighted by Crippen LogP contribution is -2.49. The number of aryl methyl sites for hydroxylation is 2. The number of anilines is 3. The van der Waals surface area contributed by atoms with E-state index < -0.39 is 33.4 Å². The molecule has 10 heteroatoms. The minimum absolute atomic E-state index is 0.114. The molecule has 2 amide bonds. The molecule has 2 aliphatic heterocycles. The largest absolute Gasteiger partial charge is 0.371 e. The summed E-state index contributed by atoms with van der Waals surface area (Å²) in [6, 6.07) is 15.6. The maximum absolute atomic E-state index is 13.2. The average Bonchev–Trinajstić information content (AvgIpc) is 2.91. The molecule has 2 N–H and O–H groups in total. The Bertz CT molecular complexity index is 1520. The molecular formula is C29H31FN4O4S. The first-order chi connectivity index (χ1) is 18.6. The van der Waals surface area contributed by atoms with E-state index in [9.17, 15) is 22.4 Å². The summed E-state index contributed by atoms with van der Waals surface area (Å²) in [5.74, 6) is -1.76. The maximum atomic E-state index is 13.2. The second-order valence-electron chi connectivity index (χ2n) is 10.2. The van der Waals surface area contributed by atoms with E-state index in [-0.39, 0.29) is 11.7 Å². The topological polar surface area (TPSA) is 98.8 Å². The fourth-order valence-corrected chi connectivity index (χ4v) is 6.60. The Morgan fingerprint density at radius 1 is 0.949 bits per heavy atom. The van der Waals surface area contributed by atoms with E-state index in [0.717, 1.165) is 13.1 Å². The Balaban J connectivity index is 1.22. The number of piperazine rings is 1. The van der Waals surface area contributed by atoms with Crippen LogP contribution in [0.25, 0.3) is 0 Å². The molecule has 204 valence electrons. The average molecular weight is 551 g/mol. The summed E-state index contributed by atoms with van der Waals surface area (Å²) >= 11 is 0. The van der Waals surface area contributed by atoms with E-state index in [0.29, 0.717) is 35.6 Å². The Labute approximate surface area is 227 Å². The van der Waals surface area contributed by atoms with Crippen molar-refractivity contribution < 1.29 is 22.4 Å². The number of nitrogens with zero attached hydrogens (tertiary/aromatic N) is 2. The van der Waals surface area contributed by atoms with Crippen LogP contribution in [-0.2, 0) is 20.4 Å². The SMILES string of the molecule is Cc1ccc(C)c(N2CCN(C(=O)c3ccc4c(c3)NC(=O)C(CS(=O)(=O)Cc3ccc(F)cc3)N4)CC2)c1.